The van der Waals surface area contributed by atoms with Crippen LogP contribution in [-0.2, 0) is 27.4 Å². The van der Waals surface area contributed by atoms with Gasteiger partial charge in [-0.25, -0.2) is 9.69 Å². The number of likely N-dealkylation sites (tertiary alicyclic amines) is 1. The van der Waals surface area contributed by atoms with Gasteiger partial charge in [0, 0.05) is 6.20 Å². The Kier molecular flexibility index (Phi) is 6.22. The van der Waals surface area contributed by atoms with Gasteiger partial charge >= 0.3 is 6.09 Å². The van der Waals surface area contributed by atoms with Crippen LogP contribution in [0, 0.1) is 0 Å². The molecule has 3 rings (SSSR count). The first kappa shape index (κ1) is 19.4. The number of allylic oxidation sites excluding steroid dienone is 1. The zero-order valence-corrected chi connectivity index (χ0v) is 15.7. The molecule has 1 saturated heterocycles. The molecule has 3 amide bonds. The van der Waals surface area contributed by atoms with E-state index < -0.39 is 18.0 Å². The van der Waals surface area contributed by atoms with E-state index in [0.717, 1.165) is 16.0 Å². The van der Waals surface area contributed by atoms with E-state index in [-0.39, 0.29) is 25.5 Å². The third-order valence-corrected chi connectivity index (χ3v) is 4.45. The summed E-state index contributed by atoms with van der Waals surface area (Å²) in [5.41, 5.74) is 1.58. The fourth-order valence-electron chi connectivity index (χ4n) is 2.99. The fourth-order valence-corrected chi connectivity index (χ4v) is 2.99. The maximum atomic E-state index is 12.8. The first-order valence-electron chi connectivity index (χ1n) is 9.10. The number of imide groups is 1. The molecule has 1 heterocycles. The van der Waals surface area contributed by atoms with Crippen LogP contribution in [0.4, 0.5) is 4.79 Å². The highest BCUT2D eigenvalue weighted by molar-refractivity contribution is 6.01. The smallest absolute Gasteiger partial charge is 0.417 e. The monoisotopic (exact) mass is 378 g/mol. The number of ether oxygens (including phenoxy) is 1. The summed E-state index contributed by atoms with van der Waals surface area (Å²) in [6.45, 7) is 2.10. The first-order valence-corrected chi connectivity index (χ1v) is 9.10. The molecule has 0 aliphatic carbocycles. The summed E-state index contributed by atoms with van der Waals surface area (Å²) in [6, 6.07) is 17.5. The van der Waals surface area contributed by atoms with E-state index >= 15 is 0 Å². The highest BCUT2D eigenvalue weighted by Gasteiger charge is 2.45. The number of amides is 3. The number of carbonyl (C=O) groups is 3. The summed E-state index contributed by atoms with van der Waals surface area (Å²) < 4.78 is 5.33. The van der Waals surface area contributed by atoms with Crippen molar-refractivity contribution in [3.63, 3.8) is 0 Å². The second-order valence-corrected chi connectivity index (χ2v) is 6.46. The second-order valence-electron chi connectivity index (χ2n) is 6.46. The summed E-state index contributed by atoms with van der Waals surface area (Å²) in [5, 5.41) is 0. The molecule has 0 spiro atoms. The number of β-lactam (4-membered cyclic amide) rings is 1. The Morgan fingerprint density at radius 3 is 2.25 bits per heavy atom. The molecular formula is C22H22N2O4. The molecule has 0 aromatic heterocycles. The van der Waals surface area contributed by atoms with Gasteiger partial charge in [-0.15, -0.1) is 0 Å². The van der Waals surface area contributed by atoms with Crippen LogP contribution in [-0.4, -0.2) is 40.3 Å². The van der Waals surface area contributed by atoms with Crippen molar-refractivity contribution < 1.29 is 19.1 Å². The quantitative estimate of drug-likeness (QED) is 0.725. The van der Waals surface area contributed by atoms with Gasteiger partial charge in [0.05, 0.1) is 13.0 Å². The largest absolute Gasteiger partial charge is 0.444 e. The van der Waals surface area contributed by atoms with Crippen molar-refractivity contribution in [1.29, 1.82) is 0 Å². The molecule has 0 radical (unpaired) electrons. The highest BCUT2D eigenvalue weighted by atomic mass is 16.6. The molecule has 6 heteroatoms. The summed E-state index contributed by atoms with van der Waals surface area (Å²) in [7, 11) is 0. The minimum absolute atomic E-state index is 0.0225. The van der Waals surface area contributed by atoms with E-state index in [1.807, 2.05) is 48.5 Å². The van der Waals surface area contributed by atoms with E-state index in [1.54, 1.807) is 31.3 Å². The second kappa shape index (κ2) is 8.99. The van der Waals surface area contributed by atoms with E-state index in [2.05, 4.69) is 0 Å². The summed E-state index contributed by atoms with van der Waals surface area (Å²) in [6.07, 6.45) is 2.59. The van der Waals surface area contributed by atoms with Crippen molar-refractivity contribution in [3.8, 4) is 0 Å². The normalized spacial score (nSPS) is 16.0. The van der Waals surface area contributed by atoms with Crippen molar-refractivity contribution in [3.05, 3.63) is 84.1 Å². The Labute approximate surface area is 164 Å². The van der Waals surface area contributed by atoms with Gasteiger partial charge in [-0.3, -0.25) is 9.59 Å². The van der Waals surface area contributed by atoms with Crippen LogP contribution >= 0.6 is 0 Å². The predicted octanol–water partition coefficient (Wildman–Crippen LogP) is 3.14. The van der Waals surface area contributed by atoms with Crippen molar-refractivity contribution in [1.82, 2.24) is 9.80 Å². The maximum Gasteiger partial charge on any atom is 0.417 e. The van der Waals surface area contributed by atoms with Crippen molar-refractivity contribution in [2.24, 2.45) is 0 Å². The van der Waals surface area contributed by atoms with Crippen molar-refractivity contribution in [2.75, 3.05) is 6.54 Å². The third-order valence-electron chi connectivity index (χ3n) is 4.45. The minimum Gasteiger partial charge on any atom is -0.444 e. The Morgan fingerprint density at radius 1 is 1.07 bits per heavy atom. The Morgan fingerprint density at radius 2 is 1.68 bits per heavy atom. The molecule has 2 aromatic rings. The summed E-state index contributed by atoms with van der Waals surface area (Å²) >= 11 is 0. The van der Waals surface area contributed by atoms with Crippen LogP contribution < -0.4 is 0 Å². The number of nitrogens with zero attached hydrogens (tertiary/aromatic N) is 2. The zero-order chi connectivity index (χ0) is 19.9. The lowest BCUT2D eigenvalue weighted by atomic mass is 10.0. The standard InChI is InChI=1S/C22H22N2O4/c1-2-13-23-15-19(21(23)26)24(20(25)14-17-9-5-3-6-10-17)22(27)28-16-18-11-7-4-8-12-18/h2-13,19H,14-16H2,1H3/b13-2+. The van der Waals surface area contributed by atoms with Gasteiger partial charge in [0.2, 0.25) is 5.91 Å². The van der Waals surface area contributed by atoms with Gasteiger partial charge < -0.3 is 9.64 Å². The molecule has 0 N–H and O–H groups in total. The zero-order valence-electron chi connectivity index (χ0n) is 15.7. The van der Waals surface area contributed by atoms with Crippen LogP contribution in [0.2, 0.25) is 0 Å². The average Bonchev–Trinajstić information content (AvgIpc) is 2.72. The van der Waals surface area contributed by atoms with Gasteiger partial charge in [-0.2, -0.15) is 0 Å². The Bertz CT molecular complexity index is 865. The molecule has 1 atom stereocenters. The SMILES string of the molecule is C/C=C/N1CC(N(C(=O)Cc2ccccc2)C(=O)OCc2ccccc2)C1=O. The van der Waals surface area contributed by atoms with E-state index in [9.17, 15) is 14.4 Å². The lowest BCUT2D eigenvalue weighted by Crippen LogP contribution is -2.64. The Hall–Kier alpha value is -3.41. The Balaban J connectivity index is 1.73. The van der Waals surface area contributed by atoms with Crippen molar-refractivity contribution in [2.45, 2.75) is 26.0 Å². The van der Waals surface area contributed by atoms with Gasteiger partial charge in [-0.1, -0.05) is 66.7 Å². The topological polar surface area (TPSA) is 66.9 Å². The number of carbonyl (C=O) groups excluding carboxylic acids is 3. The number of hydrogen-bond acceptors (Lipinski definition) is 4. The number of hydrogen-bond donors (Lipinski definition) is 0. The van der Waals surface area contributed by atoms with Crippen LogP contribution in [0.5, 0.6) is 0 Å². The lowest BCUT2D eigenvalue weighted by Gasteiger charge is -2.40. The molecular weight excluding hydrogens is 356 g/mol. The molecule has 0 bridgehead atoms. The molecule has 144 valence electrons. The van der Waals surface area contributed by atoms with Crippen LogP contribution in [0.15, 0.2) is 72.9 Å². The number of rotatable bonds is 6. The fraction of sp³-hybridized carbons (Fsp3) is 0.227. The predicted molar refractivity (Wildman–Crippen MR) is 104 cm³/mol. The van der Waals surface area contributed by atoms with Gasteiger partial charge in [0.15, 0.2) is 0 Å². The molecule has 1 unspecified atom stereocenters. The van der Waals surface area contributed by atoms with Crippen LogP contribution in [0.1, 0.15) is 18.1 Å². The van der Waals surface area contributed by atoms with E-state index in [1.165, 1.54) is 4.90 Å². The lowest BCUT2D eigenvalue weighted by molar-refractivity contribution is -0.152. The maximum absolute atomic E-state index is 12.8. The van der Waals surface area contributed by atoms with Crippen LogP contribution in [0.25, 0.3) is 0 Å². The molecule has 0 saturated carbocycles. The van der Waals surface area contributed by atoms with Gasteiger partial charge in [0.25, 0.3) is 5.91 Å². The van der Waals surface area contributed by atoms with E-state index in [0.29, 0.717) is 0 Å². The average molecular weight is 378 g/mol. The van der Waals surface area contributed by atoms with E-state index in [4.69, 9.17) is 4.74 Å². The number of benzene rings is 2. The summed E-state index contributed by atoms with van der Waals surface area (Å²) in [5.74, 6) is -0.751. The van der Waals surface area contributed by atoms with Gasteiger partial charge in [0.1, 0.15) is 12.6 Å². The van der Waals surface area contributed by atoms with Crippen molar-refractivity contribution >= 4 is 17.9 Å². The molecule has 1 aliphatic rings. The molecule has 28 heavy (non-hydrogen) atoms. The van der Waals surface area contributed by atoms with Gasteiger partial charge in [-0.05, 0) is 18.1 Å². The highest BCUT2D eigenvalue weighted by Crippen LogP contribution is 2.20. The molecule has 6 nitrogen and oxygen atoms in total. The third kappa shape index (κ3) is 4.46. The first-order chi connectivity index (χ1) is 13.6. The molecule has 2 aromatic carbocycles. The minimum atomic E-state index is -0.837. The summed E-state index contributed by atoms with van der Waals surface area (Å²) in [4.78, 5) is 40.4. The molecule has 1 aliphatic heterocycles. The molecule has 1 fully saturated rings. The van der Waals surface area contributed by atoms with Crippen LogP contribution in [0.3, 0.4) is 0 Å².